The van der Waals surface area contributed by atoms with Crippen LogP contribution < -0.4 is 5.32 Å². The van der Waals surface area contributed by atoms with Crippen molar-refractivity contribution in [2.24, 2.45) is 0 Å². The van der Waals surface area contributed by atoms with Crippen molar-refractivity contribution in [2.75, 3.05) is 13.7 Å². The van der Waals surface area contributed by atoms with Crippen LogP contribution in [0.25, 0.3) is 0 Å². The van der Waals surface area contributed by atoms with Gasteiger partial charge in [0, 0.05) is 17.1 Å². The molecule has 1 aliphatic rings. The van der Waals surface area contributed by atoms with Crippen molar-refractivity contribution in [1.29, 1.82) is 0 Å². The molecule has 0 bridgehead atoms. The summed E-state index contributed by atoms with van der Waals surface area (Å²) in [5.74, 6) is -0.394. The van der Waals surface area contributed by atoms with Crippen molar-refractivity contribution in [3.8, 4) is 0 Å². The highest BCUT2D eigenvalue weighted by Crippen LogP contribution is 2.23. The van der Waals surface area contributed by atoms with Gasteiger partial charge in [-0.25, -0.2) is 0 Å². The third kappa shape index (κ3) is 3.54. The lowest BCUT2D eigenvalue weighted by Crippen LogP contribution is -2.29. The first-order chi connectivity index (χ1) is 8.20. The largest absolute Gasteiger partial charge is 0.469 e. The maximum absolute atomic E-state index is 11.8. The monoisotopic (exact) mass is 297 g/mol. The molecule has 4 heteroatoms. The molecule has 17 heavy (non-hydrogen) atoms. The van der Waals surface area contributed by atoms with Gasteiger partial charge in [0.1, 0.15) is 0 Å². The van der Waals surface area contributed by atoms with Crippen molar-refractivity contribution in [1.82, 2.24) is 5.32 Å². The topological polar surface area (TPSA) is 38.3 Å². The highest BCUT2D eigenvalue weighted by Gasteiger charge is 2.26. The van der Waals surface area contributed by atoms with E-state index in [1.165, 1.54) is 20.0 Å². The Kier molecular flexibility index (Phi) is 4.18. The first-order valence-electron chi connectivity index (χ1n) is 5.77. The molecule has 1 unspecified atom stereocenters. The number of hydrogen-bond acceptors (Lipinski definition) is 3. The Morgan fingerprint density at radius 1 is 1.47 bits per heavy atom. The molecule has 1 saturated carbocycles. The first-order valence-corrected chi connectivity index (χ1v) is 6.56. The second-order valence-corrected chi connectivity index (χ2v) is 5.23. The van der Waals surface area contributed by atoms with E-state index >= 15 is 0 Å². The number of hydrogen-bond donors (Lipinski definition) is 1. The molecule has 0 saturated heterocycles. The Labute approximate surface area is 110 Å². The van der Waals surface area contributed by atoms with Gasteiger partial charge in [-0.1, -0.05) is 28.1 Å². The molecule has 0 aliphatic heterocycles. The number of methoxy groups -OCH3 is 1. The molecule has 1 aliphatic carbocycles. The van der Waals surface area contributed by atoms with Gasteiger partial charge in [0.2, 0.25) is 0 Å². The quantitative estimate of drug-likeness (QED) is 0.849. The summed E-state index contributed by atoms with van der Waals surface area (Å²) in [6, 6.07) is 8.41. The van der Waals surface area contributed by atoms with Crippen LogP contribution >= 0.6 is 15.9 Å². The van der Waals surface area contributed by atoms with Crippen LogP contribution in [0, 0.1) is 0 Å². The second-order valence-electron chi connectivity index (χ2n) is 4.31. The predicted octanol–water partition coefficient (Wildman–Crippen LogP) is 2.46. The summed E-state index contributed by atoms with van der Waals surface area (Å²) in [6.07, 6.45) is 2.43. The molecule has 0 aromatic heterocycles. The predicted molar refractivity (Wildman–Crippen MR) is 69.9 cm³/mol. The van der Waals surface area contributed by atoms with Crippen LogP contribution in [0.1, 0.15) is 24.3 Å². The lowest BCUT2D eigenvalue weighted by Gasteiger charge is -2.15. The Morgan fingerprint density at radius 3 is 2.65 bits per heavy atom. The molecule has 3 nitrogen and oxygen atoms in total. The van der Waals surface area contributed by atoms with Gasteiger partial charge < -0.3 is 10.1 Å². The highest BCUT2D eigenvalue weighted by atomic mass is 79.9. The molecular formula is C13H16BrNO2. The third-order valence-electron chi connectivity index (χ3n) is 2.95. The standard InChI is InChI=1S/C13H16BrNO2/c1-17-13(16)12(8-15-11-6-7-11)9-2-4-10(14)5-3-9/h2-5,11-12,15H,6-8H2,1H3. The summed E-state index contributed by atoms with van der Waals surface area (Å²) >= 11 is 3.39. The molecule has 1 atom stereocenters. The molecule has 1 aromatic rings. The van der Waals surface area contributed by atoms with Gasteiger partial charge in [0.05, 0.1) is 13.0 Å². The zero-order valence-electron chi connectivity index (χ0n) is 9.78. The maximum atomic E-state index is 11.8. The molecule has 92 valence electrons. The highest BCUT2D eigenvalue weighted by molar-refractivity contribution is 9.10. The fraction of sp³-hybridized carbons (Fsp3) is 0.462. The van der Waals surface area contributed by atoms with Gasteiger partial charge >= 0.3 is 5.97 Å². The number of ether oxygens (including phenoxy) is 1. The number of benzene rings is 1. The summed E-state index contributed by atoms with van der Waals surface area (Å²) < 4.78 is 5.87. The molecule has 0 amide bonds. The van der Waals surface area contributed by atoms with E-state index in [4.69, 9.17) is 4.74 Å². The van der Waals surface area contributed by atoms with Gasteiger partial charge in [-0.15, -0.1) is 0 Å². The Bertz CT molecular complexity index is 387. The molecule has 0 heterocycles. The van der Waals surface area contributed by atoms with E-state index in [1.54, 1.807) is 0 Å². The second kappa shape index (κ2) is 5.65. The van der Waals surface area contributed by atoms with Gasteiger partial charge in [-0.2, -0.15) is 0 Å². The number of carbonyl (C=O) groups is 1. The molecular weight excluding hydrogens is 282 g/mol. The Hall–Kier alpha value is -0.870. The zero-order valence-corrected chi connectivity index (χ0v) is 11.4. The normalized spacial score (nSPS) is 16.6. The molecule has 0 spiro atoms. The number of rotatable bonds is 5. The summed E-state index contributed by atoms with van der Waals surface area (Å²) in [5, 5.41) is 3.37. The first kappa shape index (κ1) is 12.6. The molecule has 1 N–H and O–H groups in total. The van der Waals surface area contributed by atoms with Crippen LogP contribution in [0.2, 0.25) is 0 Å². The van der Waals surface area contributed by atoms with Crippen LogP contribution in [0.5, 0.6) is 0 Å². The van der Waals surface area contributed by atoms with Crippen LogP contribution in [0.4, 0.5) is 0 Å². The van der Waals surface area contributed by atoms with Crippen molar-refractivity contribution in [2.45, 2.75) is 24.8 Å². The maximum Gasteiger partial charge on any atom is 0.314 e. The van der Waals surface area contributed by atoms with Gasteiger partial charge in [-0.3, -0.25) is 4.79 Å². The van der Waals surface area contributed by atoms with Crippen molar-refractivity contribution in [3.05, 3.63) is 34.3 Å². The molecule has 1 fully saturated rings. The summed E-state index contributed by atoms with van der Waals surface area (Å²) in [4.78, 5) is 11.8. The van der Waals surface area contributed by atoms with E-state index in [0.29, 0.717) is 12.6 Å². The molecule has 0 radical (unpaired) electrons. The lowest BCUT2D eigenvalue weighted by atomic mass is 9.99. The molecule has 1 aromatic carbocycles. The molecule has 2 rings (SSSR count). The van der Waals surface area contributed by atoms with Gasteiger partial charge in [0.25, 0.3) is 0 Å². The van der Waals surface area contributed by atoms with Crippen molar-refractivity contribution in [3.63, 3.8) is 0 Å². The summed E-state index contributed by atoms with van der Waals surface area (Å²) in [6.45, 7) is 0.652. The smallest absolute Gasteiger partial charge is 0.314 e. The van der Waals surface area contributed by atoms with E-state index in [-0.39, 0.29) is 11.9 Å². The van der Waals surface area contributed by atoms with E-state index in [1.807, 2.05) is 24.3 Å². The zero-order chi connectivity index (χ0) is 12.3. The van der Waals surface area contributed by atoms with Crippen LogP contribution in [-0.4, -0.2) is 25.7 Å². The lowest BCUT2D eigenvalue weighted by molar-refractivity contribution is -0.142. The minimum absolute atomic E-state index is 0.180. The Morgan fingerprint density at radius 2 is 2.12 bits per heavy atom. The minimum atomic E-state index is -0.214. The van der Waals surface area contributed by atoms with Crippen molar-refractivity contribution < 1.29 is 9.53 Å². The van der Waals surface area contributed by atoms with Crippen LogP contribution in [0.15, 0.2) is 28.7 Å². The average Bonchev–Trinajstić information content (AvgIpc) is 3.15. The van der Waals surface area contributed by atoms with Gasteiger partial charge in [-0.05, 0) is 30.5 Å². The van der Waals surface area contributed by atoms with Crippen LogP contribution in [-0.2, 0) is 9.53 Å². The van der Waals surface area contributed by atoms with E-state index < -0.39 is 0 Å². The van der Waals surface area contributed by atoms with E-state index in [2.05, 4.69) is 21.2 Å². The fourth-order valence-electron chi connectivity index (χ4n) is 1.75. The number of halogens is 1. The number of nitrogens with one attached hydrogen (secondary N) is 1. The SMILES string of the molecule is COC(=O)C(CNC1CC1)c1ccc(Br)cc1. The number of carbonyl (C=O) groups excluding carboxylic acids is 1. The van der Waals surface area contributed by atoms with Crippen LogP contribution in [0.3, 0.4) is 0 Å². The van der Waals surface area contributed by atoms with E-state index in [9.17, 15) is 4.79 Å². The van der Waals surface area contributed by atoms with Crippen molar-refractivity contribution >= 4 is 21.9 Å². The van der Waals surface area contributed by atoms with Gasteiger partial charge in [0.15, 0.2) is 0 Å². The minimum Gasteiger partial charge on any atom is -0.469 e. The number of esters is 1. The van der Waals surface area contributed by atoms with E-state index in [0.717, 1.165) is 10.0 Å². The average molecular weight is 298 g/mol. The Balaban J connectivity index is 2.07. The fourth-order valence-corrected chi connectivity index (χ4v) is 2.01. The summed E-state index contributed by atoms with van der Waals surface area (Å²) in [7, 11) is 1.44. The third-order valence-corrected chi connectivity index (χ3v) is 3.47. The summed E-state index contributed by atoms with van der Waals surface area (Å²) in [5.41, 5.74) is 0.994.